The molecule has 36 heavy (non-hydrogen) atoms. The van der Waals surface area contributed by atoms with Gasteiger partial charge in [-0.05, 0) is 36.8 Å². The summed E-state index contributed by atoms with van der Waals surface area (Å²) < 4.78 is 0. The van der Waals surface area contributed by atoms with Gasteiger partial charge in [-0.2, -0.15) is 0 Å². The molecule has 2 aromatic carbocycles. The summed E-state index contributed by atoms with van der Waals surface area (Å²) in [5.74, 6) is -8.62. The van der Waals surface area contributed by atoms with Crippen molar-refractivity contribution < 1.29 is 39.0 Å². The molecule has 2 aromatic rings. The SMILES string of the molecule is O=C1c2cccc(O)c2C(=O)C23C(=O)[C@H]4C[C@@H]5[C@@H]6C[C@@H](C(=O)C27C(=O)c2c(O)cccc2C(=O)C467)C153. The van der Waals surface area contributed by atoms with E-state index >= 15 is 0 Å². The van der Waals surface area contributed by atoms with E-state index in [1.54, 1.807) is 0 Å². The quantitative estimate of drug-likeness (QED) is 0.545. The molecule has 7 aliphatic rings. The molecule has 0 radical (unpaired) electrons. The van der Waals surface area contributed by atoms with Gasteiger partial charge in [0.1, 0.15) is 22.3 Å². The summed E-state index contributed by atoms with van der Waals surface area (Å²) in [6, 6.07) is 8.14. The van der Waals surface area contributed by atoms with Crippen LogP contribution in [0.1, 0.15) is 54.3 Å². The number of Topliss-reactive ketones (excluding diaryl/α,β-unsaturated/α-hetero) is 6. The summed E-state index contributed by atoms with van der Waals surface area (Å²) in [5, 5.41) is 21.4. The van der Waals surface area contributed by atoms with Crippen LogP contribution in [0.5, 0.6) is 11.5 Å². The largest absolute Gasteiger partial charge is 0.507 e. The number of phenols is 2. The Morgan fingerprint density at radius 3 is 1.36 bits per heavy atom. The lowest BCUT2D eigenvalue weighted by atomic mass is 9.36. The highest BCUT2D eigenvalue weighted by Crippen LogP contribution is 2.96. The Balaban J connectivity index is 1.55. The van der Waals surface area contributed by atoms with Crippen molar-refractivity contribution in [1.29, 1.82) is 0 Å². The summed E-state index contributed by atoms with van der Waals surface area (Å²) >= 11 is 0. The second-order valence-electron chi connectivity index (χ2n) is 11.5. The Hall–Kier alpha value is -3.94. The molecule has 176 valence electrons. The maximum Gasteiger partial charge on any atom is 0.183 e. The van der Waals surface area contributed by atoms with E-state index in [4.69, 9.17) is 0 Å². The number of ketones is 6. The van der Waals surface area contributed by atoms with Crippen molar-refractivity contribution in [3.8, 4) is 11.5 Å². The molecule has 5 fully saturated rings. The average molecular weight is 480 g/mol. The fourth-order valence-electron chi connectivity index (χ4n) is 11.0. The van der Waals surface area contributed by atoms with E-state index in [1.807, 2.05) is 0 Å². The van der Waals surface area contributed by atoms with E-state index < -0.39 is 91.5 Å². The van der Waals surface area contributed by atoms with Gasteiger partial charge in [0.05, 0.1) is 22.0 Å². The molecular formula is C28H16O8. The van der Waals surface area contributed by atoms with E-state index in [9.17, 15) is 39.0 Å². The van der Waals surface area contributed by atoms with Crippen molar-refractivity contribution in [2.75, 3.05) is 0 Å². The first-order chi connectivity index (χ1) is 17.2. The first kappa shape index (κ1) is 19.3. The molecule has 4 spiro atoms. The third kappa shape index (κ3) is 1.17. The van der Waals surface area contributed by atoms with Gasteiger partial charge in [0, 0.05) is 23.0 Å². The van der Waals surface area contributed by atoms with Gasteiger partial charge in [-0.3, -0.25) is 28.8 Å². The van der Waals surface area contributed by atoms with Gasteiger partial charge in [-0.25, -0.2) is 0 Å². The molecule has 0 heterocycles. The minimum Gasteiger partial charge on any atom is -0.507 e. The van der Waals surface area contributed by atoms with Crippen molar-refractivity contribution in [1.82, 2.24) is 0 Å². The third-order valence-corrected chi connectivity index (χ3v) is 11.4. The smallest absolute Gasteiger partial charge is 0.183 e. The Morgan fingerprint density at radius 1 is 0.583 bits per heavy atom. The Bertz CT molecular complexity index is 1560. The van der Waals surface area contributed by atoms with Crippen LogP contribution in [-0.2, 0) is 9.59 Å². The highest BCUT2D eigenvalue weighted by molar-refractivity contribution is 6.45. The van der Waals surface area contributed by atoms with Crippen LogP contribution >= 0.6 is 0 Å². The lowest BCUT2D eigenvalue weighted by Gasteiger charge is -2.59. The number of carbonyl (C=O) groups is 6. The monoisotopic (exact) mass is 480 g/mol. The van der Waals surface area contributed by atoms with Crippen LogP contribution in [0.25, 0.3) is 0 Å². The Kier molecular flexibility index (Phi) is 2.60. The summed E-state index contributed by atoms with van der Waals surface area (Å²) in [6.45, 7) is 0. The number of fused-ring (bicyclic) bond motifs is 2. The summed E-state index contributed by atoms with van der Waals surface area (Å²) in [5.41, 5.74) is -9.10. The topological polar surface area (TPSA) is 143 Å². The molecule has 5 saturated carbocycles. The molecule has 0 aromatic heterocycles. The van der Waals surface area contributed by atoms with Crippen molar-refractivity contribution >= 4 is 34.7 Å². The zero-order valence-electron chi connectivity index (χ0n) is 18.5. The van der Waals surface area contributed by atoms with Crippen LogP contribution in [0.3, 0.4) is 0 Å². The summed E-state index contributed by atoms with van der Waals surface area (Å²) in [6.07, 6.45) is 0.328. The van der Waals surface area contributed by atoms with Crippen LogP contribution in [0.15, 0.2) is 36.4 Å². The van der Waals surface area contributed by atoms with Gasteiger partial charge in [0.15, 0.2) is 34.7 Å². The van der Waals surface area contributed by atoms with Crippen molar-refractivity contribution in [3.63, 3.8) is 0 Å². The predicted molar refractivity (Wildman–Crippen MR) is 116 cm³/mol. The maximum atomic E-state index is 14.6. The summed E-state index contributed by atoms with van der Waals surface area (Å²) in [4.78, 5) is 87.2. The lowest BCUT2D eigenvalue weighted by Crippen LogP contribution is -2.73. The number of benzene rings is 2. The maximum absolute atomic E-state index is 14.6. The molecule has 0 amide bonds. The molecule has 7 aliphatic carbocycles. The third-order valence-electron chi connectivity index (χ3n) is 11.4. The minimum absolute atomic E-state index is 0.0467. The molecule has 0 saturated heterocycles. The van der Waals surface area contributed by atoms with Crippen LogP contribution in [0.4, 0.5) is 0 Å². The summed E-state index contributed by atoms with van der Waals surface area (Å²) in [7, 11) is 0. The highest BCUT2D eigenvalue weighted by Gasteiger charge is 3.07. The van der Waals surface area contributed by atoms with E-state index in [2.05, 4.69) is 0 Å². The Labute approximate surface area is 202 Å². The molecule has 8 heteroatoms. The number of carbonyl (C=O) groups excluding carboxylic acids is 6. The molecule has 8 nitrogen and oxygen atoms in total. The number of rotatable bonds is 0. The molecule has 9 rings (SSSR count). The van der Waals surface area contributed by atoms with Gasteiger partial charge in [-0.1, -0.05) is 24.3 Å². The standard InChI is InChI=1S/C28H16O8/c29-15-5-1-3-9-17(15)23(35)27-22(34)14-7-11-12-8-13(25(11,27)19(9)31)21(33)28(27)24(36)18-10(4-2-6-16(18)30)20(32)26(12,14)28/h1-6,11-14,29-30H,7-8H2/t11-,12+,13+,14-,25?,26?,27?,28?. The predicted octanol–water partition coefficient (Wildman–Crippen LogP) is 1.95. The van der Waals surface area contributed by atoms with Crippen LogP contribution in [-0.4, -0.2) is 44.9 Å². The first-order valence-corrected chi connectivity index (χ1v) is 12.1. The molecular weight excluding hydrogens is 464 g/mol. The molecule has 4 unspecified atom stereocenters. The normalized spacial score (nSPS) is 45.4. The van der Waals surface area contributed by atoms with Gasteiger partial charge in [0.25, 0.3) is 0 Å². The average Bonchev–Trinajstić information content (AvgIpc) is 3.42. The van der Waals surface area contributed by atoms with E-state index in [0.717, 1.165) is 0 Å². The number of hydrogen-bond acceptors (Lipinski definition) is 8. The number of hydrogen-bond donors (Lipinski definition) is 2. The van der Waals surface area contributed by atoms with Gasteiger partial charge < -0.3 is 10.2 Å². The van der Waals surface area contributed by atoms with Crippen LogP contribution < -0.4 is 0 Å². The van der Waals surface area contributed by atoms with Crippen LogP contribution in [0, 0.1) is 45.3 Å². The highest BCUT2D eigenvalue weighted by atomic mass is 16.3. The zero-order valence-corrected chi connectivity index (χ0v) is 18.5. The fourth-order valence-corrected chi connectivity index (χ4v) is 11.0. The van der Waals surface area contributed by atoms with Crippen molar-refractivity contribution in [3.05, 3.63) is 58.7 Å². The zero-order chi connectivity index (χ0) is 24.9. The van der Waals surface area contributed by atoms with E-state index in [1.165, 1.54) is 36.4 Å². The van der Waals surface area contributed by atoms with Gasteiger partial charge >= 0.3 is 0 Å². The Morgan fingerprint density at radius 2 is 0.972 bits per heavy atom. The lowest BCUT2D eigenvalue weighted by molar-refractivity contribution is -0.145. The van der Waals surface area contributed by atoms with Crippen molar-refractivity contribution in [2.45, 2.75) is 12.8 Å². The molecule has 2 N–H and O–H groups in total. The number of aromatic hydroxyl groups is 2. The van der Waals surface area contributed by atoms with Crippen LogP contribution in [0.2, 0.25) is 0 Å². The second kappa shape index (κ2) is 4.85. The minimum atomic E-state index is -2.39. The first-order valence-electron chi connectivity index (χ1n) is 12.1. The fraction of sp³-hybridized carbons (Fsp3) is 0.357. The molecule has 8 atom stereocenters. The second-order valence-corrected chi connectivity index (χ2v) is 11.5. The van der Waals surface area contributed by atoms with Gasteiger partial charge in [0.2, 0.25) is 0 Å². The van der Waals surface area contributed by atoms with Crippen molar-refractivity contribution in [2.24, 2.45) is 45.3 Å². The molecule has 0 aliphatic heterocycles. The molecule has 6 bridgehead atoms. The van der Waals surface area contributed by atoms with Gasteiger partial charge in [-0.15, -0.1) is 0 Å². The van der Waals surface area contributed by atoms with E-state index in [-0.39, 0.29) is 35.1 Å². The van der Waals surface area contributed by atoms with E-state index in [0.29, 0.717) is 0 Å². The number of phenolic OH excluding ortho intramolecular Hbond substituents is 2.